The second-order valence-electron chi connectivity index (χ2n) is 5.17. The first-order valence-corrected chi connectivity index (χ1v) is 9.62. The second kappa shape index (κ2) is 6.20. The van der Waals surface area contributed by atoms with Crippen LogP contribution in [0.5, 0.6) is 0 Å². The smallest absolute Gasteiger partial charge is 0.239 e. The number of para-hydroxylation sites is 1. The minimum absolute atomic E-state index is 0.181. The number of fused-ring (bicyclic) bond motifs is 1. The Hall–Kier alpha value is -1.47. The van der Waals surface area contributed by atoms with Gasteiger partial charge in [0.15, 0.2) is 0 Å². The molecule has 0 radical (unpaired) electrons. The molecule has 0 saturated heterocycles. The zero-order valence-electron chi connectivity index (χ0n) is 12.6. The number of aromatic nitrogens is 1. The van der Waals surface area contributed by atoms with E-state index in [4.69, 9.17) is 11.6 Å². The molecule has 7 heteroatoms. The first-order chi connectivity index (χ1) is 10.9. The first-order valence-electron chi connectivity index (χ1n) is 6.98. The normalized spacial score (nSPS) is 13.6. The van der Waals surface area contributed by atoms with Gasteiger partial charge in [-0.25, -0.2) is 13.4 Å². The monoisotopic (exact) mass is 366 g/mol. The van der Waals surface area contributed by atoms with Gasteiger partial charge >= 0.3 is 0 Å². The van der Waals surface area contributed by atoms with Crippen molar-refractivity contribution in [1.29, 1.82) is 0 Å². The Labute approximate surface area is 144 Å². The van der Waals surface area contributed by atoms with Gasteiger partial charge in [-0.2, -0.15) is 4.31 Å². The predicted octanol–water partition coefficient (Wildman–Crippen LogP) is 4.33. The van der Waals surface area contributed by atoms with E-state index in [1.165, 1.54) is 21.7 Å². The van der Waals surface area contributed by atoms with Crippen LogP contribution in [0.3, 0.4) is 0 Å². The standard InChI is InChI=1S/C16H15ClN2O2S2/c1-11(16-18-14-8-3-4-9-15(14)22-16)19(2)23(20,21)13-7-5-6-12(17)10-13/h3-11H,1-2H3/t11-/m0/s1. The van der Waals surface area contributed by atoms with E-state index in [9.17, 15) is 8.42 Å². The Morgan fingerprint density at radius 1 is 1.17 bits per heavy atom. The number of hydrogen-bond donors (Lipinski definition) is 0. The van der Waals surface area contributed by atoms with Gasteiger partial charge in [-0.15, -0.1) is 11.3 Å². The number of nitrogens with zero attached hydrogens (tertiary/aromatic N) is 2. The summed E-state index contributed by atoms with van der Waals surface area (Å²) in [7, 11) is -2.07. The highest BCUT2D eigenvalue weighted by Crippen LogP contribution is 2.32. The van der Waals surface area contributed by atoms with Crippen molar-refractivity contribution in [2.75, 3.05) is 7.05 Å². The van der Waals surface area contributed by atoms with Crippen LogP contribution in [0.15, 0.2) is 53.4 Å². The lowest BCUT2D eigenvalue weighted by molar-refractivity contribution is 0.398. The number of rotatable bonds is 4. The average molecular weight is 367 g/mol. The lowest BCUT2D eigenvalue weighted by Crippen LogP contribution is -2.29. The van der Waals surface area contributed by atoms with Crippen molar-refractivity contribution in [3.05, 3.63) is 58.6 Å². The molecule has 1 heterocycles. The molecule has 0 N–H and O–H groups in total. The maximum absolute atomic E-state index is 12.8. The summed E-state index contributed by atoms with van der Waals surface area (Å²) in [5.41, 5.74) is 0.882. The third-order valence-corrected chi connectivity index (χ3v) is 7.05. The van der Waals surface area contributed by atoms with Crippen LogP contribution in [0.4, 0.5) is 0 Å². The fraction of sp³-hybridized carbons (Fsp3) is 0.188. The van der Waals surface area contributed by atoms with Crippen molar-refractivity contribution in [3.63, 3.8) is 0 Å². The molecule has 3 rings (SSSR count). The molecule has 0 fully saturated rings. The van der Waals surface area contributed by atoms with Crippen molar-refractivity contribution < 1.29 is 8.42 Å². The SMILES string of the molecule is C[C@@H](c1nc2ccccc2s1)N(C)S(=O)(=O)c1cccc(Cl)c1. The molecular weight excluding hydrogens is 352 g/mol. The maximum Gasteiger partial charge on any atom is 0.243 e. The van der Waals surface area contributed by atoms with Crippen molar-refractivity contribution >= 4 is 43.2 Å². The molecule has 3 aromatic rings. The molecule has 0 aliphatic heterocycles. The minimum atomic E-state index is -3.63. The predicted molar refractivity (Wildman–Crippen MR) is 94.4 cm³/mol. The van der Waals surface area contributed by atoms with E-state index in [1.807, 2.05) is 31.2 Å². The van der Waals surface area contributed by atoms with E-state index in [1.54, 1.807) is 25.2 Å². The summed E-state index contributed by atoms with van der Waals surface area (Å²) in [6, 6.07) is 13.7. The van der Waals surface area contributed by atoms with E-state index in [-0.39, 0.29) is 10.9 Å². The van der Waals surface area contributed by atoms with Crippen LogP contribution in [-0.4, -0.2) is 24.8 Å². The van der Waals surface area contributed by atoms with E-state index in [0.29, 0.717) is 5.02 Å². The highest BCUT2D eigenvalue weighted by molar-refractivity contribution is 7.89. The molecule has 0 bridgehead atoms. The van der Waals surface area contributed by atoms with E-state index in [0.717, 1.165) is 15.2 Å². The Morgan fingerprint density at radius 3 is 2.61 bits per heavy atom. The Balaban J connectivity index is 1.96. The van der Waals surface area contributed by atoms with Crippen LogP contribution < -0.4 is 0 Å². The topological polar surface area (TPSA) is 50.3 Å². The van der Waals surface area contributed by atoms with Crippen LogP contribution in [0.2, 0.25) is 5.02 Å². The van der Waals surface area contributed by atoms with Crippen LogP contribution >= 0.6 is 22.9 Å². The molecule has 4 nitrogen and oxygen atoms in total. The van der Waals surface area contributed by atoms with E-state index < -0.39 is 10.0 Å². The second-order valence-corrected chi connectivity index (χ2v) is 8.67. The highest BCUT2D eigenvalue weighted by Gasteiger charge is 2.28. The quantitative estimate of drug-likeness (QED) is 0.690. The highest BCUT2D eigenvalue weighted by atomic mass is 35.5. The summed E-state index contributed by atoms with van der Waals surface area (Å²) in [4.78, 5) is 4.73. The molecule has 120 valence electrons. The molecule has 23 heavy (non-hydrogen) atoms. The van der Waals surface area contributed by atoms with Gasteiger partial charge in [-0.05, 0) is 37.3 Å². The number of sulfonamides is 1. The minimum Gasteiger partial charge on any atom is -0.239 e. The molecule has 0 aliphatic rings. The van der Waals surface area contributed by atoms with Crippen molar-refractivity contribution in [2.45, 2.75) is 17.9 Å². The summed E-state index contributed by atoms with van der Waals surface area (Å²) in [5, 5.41) is 1.16. The molecule has 0 amide bonds. The molecule has 2 aromatic carbocycles. The van der Waals surface area contributed by atoms with Gasteiger partial charge in [-0.3, -0.25) is 0 Å². The van der Waals surface area contributed by atoms with E-state index >= 15 is 0 Å². The Bertz CT molecular complexity index is 920. The van der Waals surface area contributed by atoms with Crippen LogP contribution in [0.25, 0.3) is 10.2 Å². The van der Waals surface area contributed by atoms with Crippen LogP contribution in [-0.2, 0) is 10.0 Å². The molecule has 1 atom stereocenters. The maximum atomic E-state index is 12.8. The van der Waals surface area contributed by atoms with Gasteiger partial charge in [0.05, 0.1) is 21.2 Å². The fourth-order valence-electron chi connectivity index (χ4n) is 2.23. The summed E-state index contributed by atoms with van der Waals surface area (Å²) in [6.45, 7) is 1.83. The van der Waals surface area contributed by atoms with Gasteiger partial charge in [0.25, 0.3) is 0 Å². The average Bonchev–Trinajstić information content (AvgIpc) is 2.97. The molecule has 0 unspecified atom stereocenters. The zero-order valence-corrected chi connectivity index (χ0v) is 15.0. The summed E-state index contributed by atoms with van der Waals surface area (Å²) < 4.78 is 27.9. The van der Waals surface area contributed by atoms with Crippen LogP contribution in [0.1, 0.15) is 18.0 Å². The fourth-order valence-corrected chi connectivity index (χ4v) is 4.99. The molecule has 0 aliphatic carbocycles. The summed E-state index contributed by atoms with van der Waals surface area (Å²) in [6.07, 6.45) is 0. The van der Waals surface area contributed by atoms with Crippen molar-refractivity contribution in [3.8, 4) is 0 Å². The van der Waals surface area contributed by atoms with Gasteiger partial charge in [0.1, 0.15) is 5.01 Å². The zero-order chi connectivity index (χ0) is 16.6. The van der Waals surface area contributed by atoms with Crippen LogP contribution in [0, 0.1) is 0 Å². The number of benzene rings is 2. The van der Waals surface area contributed by atoms with Crippen molar-refractivity contribution in [1.82, 2.24) is 9.29 Å². The number of hydrogen-bond acceptors (Lipinski definition) is 4. The molecule has 1 aromatic heterocycles. The van der Waals surface area contributed by atoms with Gasteiger partial charge in [-0.1, -0.05) is 29.8 Å². The number of thiazole rings is 1. The molecule has 0 saturated carbocycles. The summed E-state index contributed by atoms with van der Waals surface area (Å²) in [5.74, 6) is 0. The van der Waals surface area contributed by atoms with Crippen molar-refractivity contribution in [2.24, 2.45) is 0 Å². The summed E-state index contributed by atoms with van der Waals surface area (Å²) >= 11 is 7.42. The Morgan fingerprint density at radius 2 is 1.91 bits per heavy atom. The van der Waals surface area contributed by atoms with Gasteiger partial charge in [0, 0.05) is 12.1 Å². The first kappa shape index (κ1) is 16.4. The lowest BCUT2D eigenvalue weighted by Gasteiger charge is -2.22. The van der Waals surface area contributed by atoms with Gasteiger partial charge in [0.2, 0.25) is 10.0 Å². The Kier molecular flexibility index (Phi) is 4.42. The largest absolute Gasteiger partial charge is 0.243 e. The lowest BCUT2D eigenvalue weighted by atomic mass is 10.3. The number of halogens is 1. The third-order valence-electron chi connectivity index (χ3n) is 3.69. The molecular formula is C16H15ClN2O2S2. The van der Waals surface area contributed by atoms with Gasteiger partial charge < -0.3 is 0 Å². The van der Waals surface area contributed by atoms with E-state index in [2.05, 4.69) is 4.98 Å². The molecule has 0 spiro atoms. The third kappa shape index (κ3) is 3.12.